The second-order valence-corrected chi connectivity index (χ2v) is 5.93. The van der Waals surface area contributed by atoms with Crippen molar-refractivity contribution in [1.29, 1.82) is 0 Å². The second-order valence-electron chi connectivity index (χ2n) is 4.31. The Bertz CT molecular complexity index is 731. The molecule has 19 heavy (non-hydrogen) atoms. The molecule has 0 fully saturated rings. The van der Waals surface area contributed by atoms with Crippen LogP contribution in [-0.2, 0) is 13.5 Å². The van der Waals surface area contributed by atoms with E-state index in [0.29, 0.717) is 5.88 Å². The predicted molar refractivity (Wildman–Crippen MR) is 85.0 cm³/mol. The molecule has 0 saturated carbocycles. The zero-order valence-electron chi connectivity index (χ0n) is 10.3. The lowest BCUT2D eigenvalue weighted by Crippen LogP contribution is -2.01. The third-order valence-electron chi connectivity index (χ3n) is 2.95. The van der Waals surface area contributed by atoms with Crippen LogP contribution in [0.15, 0.2) is 30.6 Å². The topological polar surface area (TPSA) is 35.6 Å². The fourth-order valence-electron chi connectivity index (χ4n) is 2.17. The molecule has 2 heterocycles. The van der Waals surface area contributed by atoms with Crippen molar-refractivity contribution in [3.8, 4) is 5.69 Å². The van der Waals surface area contributed by atoms with Gasteiger partial charge < -0.3 is 0 Å². The third-order valence-corrected chi connectivity index (χ3v) is 3.81. The third kappa shape index (κ3) is 2.36. The largest absolute Gasteiger partial charge is 0.293 e. The highest BCUT2D eigenvalue weighted by atomic mass is 127. The van der Waals surface area contributed by atoms with Crippen molar-refractivity contribution in [3.63, 3.8) is 0 Å². The summed E-state index contributed by atoms with van der Waals surface area (Å²) in [4.78, 5) is 4.69. The molecular formula is C13H12ClIN4. The Hall–Kier alpha value is -1.08. The average Bonchev–Trinajstić information content (AvgIpc) is 2.92. The molecule has 0 spiro atoms. The lowest BCUT2D eigenvalue weighted by molar-refractivity contribution is 0.767. The maximum Gasteiger partial charge on any atom is 0.115 e. The molecule has 0 radical (unpaired) electrons. The molecular weight excluding hydrogens is 375 g/mol. The minimum atomic E-state index is 0.556. The zero-order chi connectivity index (χ0) is 13.4. The minimum Gasteiger partial charge on any atom is -0.293 e. The fourth-order valence-corrected chi connectivity index (χ4v) is 2.81. The highest BCUT2D eigenvalue weighted by Gasteiger charge is 2.13. The summed E-state index contributed by atoms with van der Waals surface area (Å²) in [6, 6.07) is 6.26. The van der Waals surface area contributed by atoms with Crippen molar-refractivity contribution in [2.24, 2.45) is 7.05 Å². The number of nitrogens with zero attached hydrogens (tertiary/aromatic N) is 4. The summed E-state index contributed by atoms with van der Waals surface area (Å²) in [5.74, 6) is 1.53. The lowest BCUT2D eigenvalue weighted by Gasteiger charge is -2.05. The molecule has 0 bridgehead atoms. The second kappa shape index (κ2) is 5.13. The Labute approximate surface area is 129 Å². The van der Waals surface area contributed by atoms with Gasteiger partial charge in [-0.25, -0.2) is 4.98 Å². The lowest BCUT2D eigenvalue weighted by atomic mass is 10.3. The molecule has 0 saturated heterocycles. The number of benzene rings is 1. The Kier molecular flexibility index (Phi) is 3.49. The van der Waals surface area contributed by atoms with Gasteiger partial charge >= 0.3 is 0 Å². The van der Waals surface area contributed by atoms with Crippen molar-refractivity contribution in [1.82, 2.24) is 19.3 Å². The van der Waals surface area contributed by atoms with Gasteiger partial charge in [0.2, 0.25) is 0 Å². The van der Waals surface area contributed by atoms with E-state index < -0.39 is 0 Å². The van der Waals surface area contributed by atoms with Gasteiger partial charge in [-0.1, -0.05) is 0 Å². The van der Waals surface area contributed by atoms with Crippen LogP contribution < -0.4 is 0 Å². The van der Waals surface area contributed by atoms with Gasteiger partial charge in [0.05, 0.1) is 22.9 Å². The van der Waals surface area contributed by atoms with Crippen LogP contribution in [0.5, 0.6) is 0 Å². The Morgan fingerprint density at radius 1 is 1.37 bits per heavy atom. The van der Waals surface area contributed by atoms with Gasteiger partial charge in [-0.05, 0) is 40.8 Å². The predicted octanol–water partition coefficient (Wildman–Crippen LogP) is 3.14. The quantitative estimate of drug-likeness (QED) is 0.512. The first-order valence-electron chi connectivity index (χ1n) is 5.91. The van der Waals surface area contributed by atoms with Gasteiger partial charge in [0.25, 0.3) is 0 Å². The van der Waals surface area contributed by atoms with Crippen LogP contribution in [0, 0.1) is 3.57 Å². The van der Waals surface area contributed by atoms with Crippen LogP contribution in [0.25, 0.3) is 16.7 Å². The van der Waals surface area contributed by atoms with Crippen molar-refractivity contribution in [2.45, 2.75) is 6.42 Å². The zero-order valence-corrected chi connectivity index (χ0v) is 13.3. The summed E-state index contributed by atoms with van der Waals surface area (Å²) < 4.78 is 5.09. The van der Waals surface area contributed by atoms with Crippen molar-refractivity contribution < 1.29 is 0 Å². The Morgan fingerprint density at radius 2 is 2.21 bits per heavy atom. The van der Waals surface area contributed by atoms with E-state index in [9.17, 15) is 0 Å². The highest BCUT2D eigenvalue weighted by molar-refractivity contribution is 14.1. The van der Waals surface area contributed by atoms with Gasteiger partial charge in [0.1, 0.15) is 5.82 Å². The van der Waals surface area contributed by atoms with Gasteiger partial charge in [-0.3, -0.25) is 9.25 Å². The first kappa shape index (κ1) is 12.9. The normalized spacial score (nSPS) is 11.3. The fraction of sp³-hybridized carbons (Fsp3) is 0.231. The maximum atomic E-state index is 5.88. The number of alkyl halides is 1. The van der Waals surface area contributed by atoms with Crippen LogP contribution >= 0.6 is 34.2 Å². The number of aromatic nitrogens is 4. The molecule has 2 aromatic heterocycles. The molecule has 4 nitrogen and oxygen atoms in total. The van der Waals surface area contributed by atoms with Crippen LogP contribution in [0.3, 0.4) is 0 Å². The number of aryl methyl sites for hydroxylation is 2. The van der Waals surface area contributed by atoms with Crippen LogP contribution in [0.2, 0.25) is 0 Å². The van der Waals surface area contributed by atoms with E-state index in [1.165, 1.54) is 3.57 Å². The van der Waals surface area contributed by atoms with Gasteiger partial charge in [-0.2, -0.15) is 5.10 Å². The summed E-state index contributed by atoms with van der Waals surface area (Å²) in [5.41, 5.74) is 3.11. The standard InChI is InChI=1S/C13H12ClIN4/c1-18-8-10(7-16-18)19-12-3-2-9(15)6-11(12)17-13(19)4-5-14/h2-3,6-8H,4-5H2,1H3. The summed E-state index contributed by atoms with van der Waals surface area (Å²) in [5, 5.41) is 4.23. The molecule has 0 amide bonds. The first-order valence-corrected chi connectivity index (χ1v) is 7.52. The maximum absolute atomic E-state index is 5.88. The smallest absolute Gasteiger partial charge is 0.115 e. The number of fused-ring (bicyclic) bond motifs is 1. The molecule has 0 aliphatic heterocycles. The number of hydrogen-bond acceptors (Lipinski definition) is 2. The number of imidazole rings is 1. The number of rotatable bonds is 3. The van der Waals surface area contributed by atoms with Gasteiger partial charge in [-0.15, -0.1) is 11.6 Å². The summed E-state index contributed by atoms with van der Waals surface area (Å²) >= 11 is 8.18. The molecule has 3 rings (SSSR count). The van der Waals surface area contributed by atoms with E-state index in [4.69, 9.17) is 11.6 Å². The van der Waals surface area contributed by atoms with Crippen molar-refractivity contribution in [3.05, 3.63) is 40.0 Å². The molecule has 98 valence electrons. The van der Waals surface area contributed by atoms with E-state index >= 15 is 0 Å². The van der Waals surface area contributed by atoms with Crippen LogP contribution in [0.1, 0.15) is 5.82 Å². The van der Waals surface area contributed by atoms with Crippen LogP contribution in [0.4, 0.5) is 0 Å². The highest BCUT2D eigenvalue weighted by Crippen LogP contribution is 2.23. The molecule has 0 unspecified atom stereocenters. The van der Waals surface area contributed by atoms with E-state index in [1.54, 1.807) is 4.68 Å². The van der Waals surface area contributed by atoms with Crippen molar-refractivity contribution >= 4 is 45.2 Å². The minimum absolute atomic E-state index is 0.556. The molecule has 0 atom stereocenters. The van der Waals surface area contributed by atoms with E-state index in [-0.39, 0.29) is 0 Å². The van der Waals surface area contributed by atoms with E-state index in [2.05, 4.69) is 55.4 Å². The Morgan fingerprint density at radius 3 is 2.89 bits per heavy atom. The molecule has 3 aromatic rings. The number of halogens is 2. The monoisotopic (exact) mass is 386 g/mol. The average molecular weight is 387 g/mol. The summed E-state index contributed by atoms with van der Waals surface area (Å²) in [6.07, 6.45) is 4.56. The first-order chi connectivity index (χ1) is 9.19. The molecule has 1 aromatic carbocycles. The van der Waals surface area contributed by atoms with Gasteiger partial charge in [0.15, 0.2) is 0 Å². The molecule has 0 N–H and O–H groups in total. The molecule has 0 aliphatic carbocycles. The molecule has 0 aliphatic rings. The Balaban J connectivity index is 2.27. The van der Waals surface area contributed by atoms with Crippen molar-refractivity contribution in [2.75, 3.05) is 5.88 Å². The number of hydrogen-bond donors (Lipinski definition) is 0. The van der Waals surface area contributed by atoms with Gasteiger partial charge in [0, 0.05) is 29.1 Å². The SMILES string of the molecule is Cn1cc(-n2c(CCCl)nc3cc(I)ccc32)cn1. The van der Waals surface area contributed by atoms with E-state index in [0.717, 1.165) is 29.0 Å². The summed E-state index contributed by atoms with van der Waals surface area (Å²) in [7, 11) is 1.91. The van der Waals surface area contributed by atoms with Crippen LogP contribution in [-0.4, -0.2) is 25.2 Å². The molecule has 6 heteroatoms. The summed E-state index contributed by atoms with van der Waals surface area (Å²) in [6.45, 7) is 0. The van der Waals surface area contributed by atoms with E-state index in [1.807, 2.05) is 19.4 Å².